The molecule has 33 heavy (non-hydrogen) atoms. The van der Waals surface area contributed by atoms with Gasteiger partial charge in [0.1, 0.15) is 50.0 Å². The van der Waals surface area contributed by atoms with Gasteiger partial charge in [-0.15, -0.1) is 0 Å². The summed E-state index contributed by atoms with van der Waals surface area (Å²) in [6.07, 6.45) is 6.46. The van der Waals surface area contributed by atoms with Crippen LogP contribution in [0.2, 0.25) is 0 Å². The van der Waals surface area contributed by atoms with E-state index in [4.69, 9.17) is 9.47 Å². The lowest BCUT2D eigenvalue weighted by molar-refractivity contribution is 0.290. The second kappa shape index (κ2) is 8.45. The first kappa shape index (κ1) is 19.6. The van der Waals surface area contributed by atoms with Crippen LogP contribution in [0.1, 0.15) is 11.1 Å². The monoisotopic (exact) mass is 444 g/mol. The van der Waals surface area contributed by atoms with Crippen molar-refractivity contribution in [3.8, 4) is 11.5 Å². The number of aromatic nitrogens is 6. The van der Waals surface area contributed by atoms with Crippen LogP contribution in [0.4, 0.5) is 11.4 Å². The second-order valence-corrected chi connectivity index (χ2v) is 8.13. The van der Waals surface area contributed by atoms with Gasteiger partial charge >= 0.3 is 0 Å². The van der Waals surface area contributed by atoms with E-state index in [9.17, 15) is 0 Å². The van der Waals surface area contributed by atoms with Crippen LogP contribution in [0.15, 0.2) is 61.7 Å². The quantitative estimate of drug-likeness (QED) is 0.409. The average molecular weight is 444 g/mol. The number of hydrogen-bond acceptors (Lipinski definition) is 8. The van der Waals surface area contributed by atoms with Gasteiger partial charge in [0, 0.05) is 24.5 Å². The smallest absolute Gasteiger partial charge is 0.137 e. The zero-order valence-electron chi connectivity index (χ0n) is 18.1. The summed E-state index contributed by atoms with van der Waals surface area (Å²) in [5.74, 6) is 1.76. The lowest BCUT2D eigenvalue weighted by Crippen LogP contribution is -2.46. The van der Waals surface area contributed by atoms with E-state index < -0.39 is 0 Å². The topological polar surface area (TPSA) is 86.4 Å². The van der Waals surface area contributed by atoms with Crippen molar-refractivity contribution in [2.45, 2.75) is 26.2 Å². The Morgan fingerprint density at radius 1 is 0.697 bits per heavy atom. The molecule has 2 aliphatic rings. The molecule has 0 radical (unpaired) electrons. The minimum absolute atomic E-state index is 0.554. The molecule has 6 rings (SSSR count). The number of hydrogen-bond donors (Lipinski definition) is 0. The number of ether oxygens (including phenoxy) is 2. The van der Waals surface area contributed by atoms with Crippen LogP contribution in [0.25, 0.3) is 0 Å². The summed E-state index contributed by atoms with van der Waals surface area (Å²) < 4.78 is 15.5. The predicted molar refractivity (Wildman–Crippen MR) is 121 cm³/mol. The molecule has 0 aliphatic carbocycles. The zero-order valence-corrected chi connectivity index (χ0v) is 18.1. The van der Waals surface area contributed by atoms with Gasteiger partial charge in [-0.25, -0.2) is 19.3 Å². The van der Waals surface area contributed by atoms with E-state index in [0.717, 1.165) is 31.3 Å². The first-order chi connectivity index (χ1) is 16.3. The molecule has 0 spiro atoms. The fourth-order valence-corrected chi connectivity index (χ4v) is 4.42. The fourth-order valence-electron chi connectivity index (χ4n) is 4.42. The number of nitrogens with zero attached hydrogens (tertiary/aromatic N) is 8. The average Bonchev–Trinajstić information content (AvgIpc) is 3.53. The van der Waals surface area contributed by atoms with Crippen molar-refractivity contribution in [2.75, 3.05) is 29.7 Å². The molecule has 0 unspecified atom stereocenters. The summed E-state index contributed by atoms with van der Waals surface area (Å²) in [6, 6.07) is 12.7. The Labute approximate surface area is 191 Å². The maximum Gasteiger partial charge on any atom is 0.137 e. The van der Waals surface area contributed by atoms with Crippen molar-refractivity contribution in [3.63, 3.8) is 0 Å². The number of benzene rings is 2. The molecule has 168 valence electrons. The molecule has 10 heteroatoms. The van der Waals surface area contributed by atoms with Crippen molar-refractivity contribution in [2.24, 2.45) is 0 Å². The Bertz CT molecular complexity index is 1130. The SMILES string of the molecule is c1ncn(CCOc2ccc3c(c2)CN2CN3Cc3cc(OCCn4cncn4)ccc32)n1. The van der Waals surface area contributed by atoms with Gasteiger partial charge in [-0.1, -0.05) is 0 Å². The summed E-state index contributed by atoms with van der Waals surface area (Å²) >= 11 is 0. The Morgan fingerprint density at radius 2 is 1.21 bits per heavy atom. The van der Waals surface area contributed by atoms with E-state index in [0.29, 0.717) is 26.3 Å². The van der Waals surface area contributed by atoms with Crippen molar-refractivity contribution < 1.29 is 9.47 Å². The largest absolute Gasteiger partial charge is 0.492 e. The molecule has 2 bridgehead atoms. The van der Waals surface area contributed by atoms with Gasteiger partial charge in [-0.2, -0.15) is 10.2 Å². The number of fused-ring (bicyclic) bond motifs is 6. The summed E-state index contributed by atoms with van der Waals surface area (Å²) in [4.78, 5) is 12.7. The summed E-state index contributed by atoms with van der Waals surface area (Å²) in [5, 5.41) is 8.22. The van der Waals surface area contributed by atoms with E-state index in [-0.39, 0.29) is 0 Å². The highest BCUT2D eigenvalue weighted by atomic mass is 16.5. The van der Waals surface area contributed by atoms with Crippen molar-refractivity contribution in [3.05, 3.63) is 72.8 Å². The Kier molecular flexibility index (Phi) is 5.02. The normalized spacial score (nSPS) is 14.1. The van der Waals surface area contributed by atoms with Gasteiger partial charge < -0.3 is 19.3 Å². The van der Waals surface area contributed by atoms with Gasteiger partial charge in [-0.05, 0) is 47.5 Å². The third-order valence-electron chi connectivity index (χ3n) is 5.96. The molecule has 0 saturated heterocycles. The zero-order chi connectivity index (χ0) is 22.0. The standard InChI is InChI=1S/C23H24N8O2/c1-3-22-18(9-20(1)32-7-5-30-15-24-13-26-30)11-29-17-28(22)12-19-10-21(2-4-23(19)29)33-8-6-31-16-25-14-27-31/h1-4,9-10,13-16H,5-8,11-12,17H2. The molecular weight excluding hydrogens is 420 g/mol. The first-order valence-electron chi connectivity index (χ1n) is 11.0. The number of anilines is 2. The van der Waals surface area contributed by atoms with E-state index in [1.54, 1.807) is 22.0 Å². The minimum atomic E-state index is 0.554. The molecule has 2 aliphatic heterocycles. The van der Waals surface area contributed by atoms with Crippen LogP contribution in [-0.2, 0) is 26.2 Å². The molecule has 0 saturated carbocycles. The summed E-state index contributed by atoms with van der Waals surface area (Å²) in [6.45, 7) is 5.05. The third-order valence-corrected chi connectivity index (χ3v) is 5.96. The molecule has 0 atom stereocenters. The van der Waals surface area contributed by atoms with Crippen LogP contribution in [0.5, 0.6) is 11.5 Å². The van der Waals surface area contributed by atoms with Gasteiger partial charge in [0.25, 0.3) is 0 Å². The van der Waals surface area contributed by atoms with E-state index in [1.807, 2.05) is 0 Å². The molecule has 0 amide bonds. The molecule has 0 fully saturated rings. The van der Waals surface area contributed by atoms with Crippen LogP contribution in [0, 0.1) is 0 Å². The van der Waals surface area contributed by atoms with E-state index in [2.05, 4.69) is 66.4 Å². The molecule has 10 nitrogen and oxygen atoms in total. The highest BCUT2D eigenvalue weighted by Gasteiger charge is 2.29. The predicted octanol–water partition coefficient (Wildman–Crippen LogP) is 2.33. The van der Waals surface area contributed by atoms with Crippen LogP contribution in [0.3, 0.4) is 0 Å². The van der Waals surface area contributed by atoms with Crippen molar-refractivity contribution in [1.82, 2.24) is 29.5 Å². The lowest BCUT2D eigenvalue weighted by Gasteiger charge is -2.44. The van der Waals surface area contributed by atoms with Gasteiger partial charge in [0.05, 0.1) is 19.8 Å². The second-order valence-electron chi connectivity index (χ2n) is 8.13. The highest BCUT2D eigenvalue weighted by Crippen LogP contribution is 2.40. The van der Waals surface area contributed by atoms with Crippen LogP contribution >= 0.6 is 0 Å². The molecule has 0 N–H and O–H groups in total. The lowest BCUT2D eigenvalue weighted by atomic mass is 10.0. The molecular formula is C23H24N8O2. The van der Waals surface area contributed by atoms with Gasteiger partial charge in [0.2, 0.25) is 0 Å². The molecule has 2 aromatic heterocycles. The fraction of sp³-hybridized carbons (Fsp3) is 0.304. The Hall–Kier alpha value is -4.08. The van der Waals surface area contributed by atoms with Crippen LogP contribution in [-0.4, -0.2) is 49.4 Å². The van der Waals surface area contributed by atoms with Gasteiger partial charge in [0.15, 0.2) is 0 Å². The molecule has 4 aromatic rings. The molecule has 2 aromatic carbocycles. The van der Waals surface area contributed by atoms with Crippen LogP contribution < -0.4 is 19.3 Å². The minimum Gasteiger partial charge on any atom is -0.492 e. The third kappa shape index (κ3) is 4.07. The Morgan fingerprint density at radius 3 is 1.67 bits per heavy atom. The highest BCUT2D eigenvalue weighted by molar-refractivity contribution is 5.69. The first-order valence-corrected chi connectivity index (χ1v) is 11.0. The van der Waals surface area contributed by atoms with Crippen molar-refractivity contribution >= 4 is 11.4 Å². The summed E-state index contributed by atoms with van der Waals surface area (Å²) in [5.41, 5.74) is 5.08. The molecule has 4 heterocycles. The van der Waals surface area contributed by atoms with E-state index in [1.165, 1.54) is 35.2 Å². The van der Waals surface area contributed by atoms with Crippen molar-refractivity contribution in [1.29, 1.82) is 0 Å². The number of rotatable bonds is 8. The van der Waals surface area contributed by atoms with E-state index >= 15 is 0 Å². The van der Waals surface area contributed by atoms with Gasteiger partial charge in [-0.3, -0.25) is 0 Å². The maximum atomic E-state index is 5.96. The Balaban J connectivity index is 1.12. The maximum absolute atomic E-state index is 5.96. The summed E-state index contributed by atoms with van der Waals surface area (Å²) in [7, 11) is 0.